The minimum atomic E-state index is -2.44. The topological polar surface area (TPSA) is 196 Å². The van der Waals surface area contributed by atoms with Gasteiger partial charge in [0.15, 0.2) is 0 Å². The molecule has 0 saturated heterocycles. The van der Waals surface area contributed by atoms with E-state index in [0.29, 0.717) is 38.5 Å². The van der Waals surface area contributed by atoms with Gasteiger partial charge in [-0.2, -0.15) is 8.78 Å². The molecule has 0 spiro atoms. The molecule has 4 atom stereocenters. The van der Waals surface area contributed by atoms with Crippen molar-refractivity contribution in [2.45, 2.75) is 414 Å². The highest BCUT2D eigenvalue weighted by Gasteiger charge is 2.30. The maximum Gasteiger partial charge on any atom is 0.343 e. The maximum atomic E-state index is 14.9. The summed E-state index contributed by atoms with van der Waals surface area (Å²) in [6.45, 7) is 22.5. The summed E-state index contributed by atoms with van der Waals surface area (Å²) < 4.78 is 100. The van der Waals surface area contributed by atoms with Gasteiger partial charge in [-0.05, 0) is 212 Å². The number of esters is 5. The normalized spacial score (nSPS) is 12.6. The number of hydrogen-bond donors (Lipinski definition) is 2. The van der Waals surface area contributed by atoms with Crippen LogP contribution in [0.4, 0.5) is 22.0 Å². The van der Waals surface area contributed by atoms with E-state index in [0.717, 1.165) is 347 Å². The first kappa shape index (κ1) is 102. The van der Waals surface area contributed by atoms with Crippen molar-refractivity contribution in [3.8, 4) is 5.75 Å². The molecule has 2 aromatic rings. The standard InChI is InChI=1S/C91H153F5N4O12/c1-9-17-37-53-75(13-5)108-79(101)57-41-29-21-25-33-47-63-99(64-48-34-26-22-30-42-58-80(102)109-76(14-6)54-38-18-10-2)67-51-45-61-97-89(105)72-69-73(71-74(70-72)91(107)112-88-86(95)84(93)83(92)85(94)87(88)96)90(106)98-62-46-52-68-100(65-49-35-27-23-31-43-59-81(103)110-77(15-7)55-39-19-11-3)66-50-36-28-24-32-44-60-82(104)111-78(16-8)56-40-20-12-4/h69-71,75-78H,9-68H2,1-8H3,(H,97,105)(H,98,106). The average Bonchev–Trinajstić information content (AvgIpc) is 0.792. The molecule has 0 radical (unpaired) electrons. The SMILES string of the molecule is CCCCCC(CC)OC(=O)CCCCCCCCN(CCCCCCCCC(=O)OC(CC)CCCCC)CCCCNC(=O)c1cc(C(=O)NCCCCN(CCCCCCCCC(=O)OC(CC)CCCCC)CCCCCCCCC(=O)OC(CC)CCCCC)cc(C(=O)Oc2c(F)c(F)c(F)c(F)c2F)c1. The minimum absolute atomic E-state index is 0.00198. The monoisotopic (exact) mass is 1590 g/mol. The fourth-order valence-corrected chi connectivity index (χ4v) is 14.1. The largest absolute Gasteiger partial charge is 0.462 e. The summed E-state index contributed by atoms with van der Waals surface area (Å²) in [6, 6.07) is 3.37. The summed E-state index contributed by atoms with van der Waals surface area (Å²) >= 11 is 0. The molecule has 0 aliphatic heterocycles. The highest BCUT2D eigenvalue weighted by Crippen LogP contribution is 2.31. The number of amides is 2. The van der Waals surface area contributed by atoms with Crippen LogP contribution in [0.2, 0.25) is 0 Å². The van der Waals surface area contributed by atoms with E-state index in [4.69, 9.17) is 23.7 Å². The van der Waals surface area contributed by atoms with Crippen molar-refractivity contribution in [2.24, 2.45) is 0 Å². The Bertz CT molecular complexity index is 2570. The van der Waals surface area contributed by atoms with Gasteiger partial charge < -0.3 is 44.1 Å². The van der Waals surface area contributed by atoms with Crippen molar-refractivity contribution >= 4 is 41.7 Å². The molecule has 4 unspecified atom stereocenters. The number of rotatable bonds is 74. The number of benzene rings is 2. The molecular weight excluding hydrogens is 1440 g/mol. The van der Waals surface area contributed by atoms with Crippen LogP contribution in [0.3, 0.4) is 0 Å². The third-order valence-corrected chi connectivity index (χ3v) is 21.4. The van der Waals surface area contributed by atoms with Crippen LogP contribution in [0.1, 0.15) is 420 Å². The molecule has 0 aliphatic carbocycles. The highest BCUT2D eigenvalue weighted by atomic mass is 19.2. The number of nitrogens with zero attached hydrogens (tertiary/aromatic N) is 2. The fraction of sp³-hybridized carbons (Fsp3) is 0.791. The number of carbonyl (C=O) groups is 7. The Kier molecular flexibility index (Phi) is 61.7. The van der Waals surface area contributed by atoms with Crippen molar-refractivity contribution in [2.75, 3.05) is 52.4 Å². The van der Waals surface area contributed by atoms with E-state index in [1.807, 2.05) is 0 Å². The Balaban J connectivity index is 2.15. The second-order valence-electron chi connectivity index (χ2n) is 31.2. The number of unbranched alkanes of at least 4 members (excludes halogenated alkanes) is 30. The molecule has 0 aromatic heterocycles. The molecule has 112 heavy (non-hydrogen) atoms. The van der Waals surface area contributed by atoms with E-state index in [1.54, 1.807) is 0 Å². The molecule has 2 rings (SSSR count). The molecule has 644 valence electrons. The summed E-state index contributed by atoms with van der Waals surface area (Å²) in [5.74, 6) is -16.9. The summed E-state index contributed by atoms with van der Waals surface area (Å²) in [4.78, 5) is 96.9. The molecule has 0 heterocycles. The van der Waals surface area contributed by atoms with E-state index < -0.39 is 58.2 Å². The number of carbonyl (C=O) groups excluding carboxylic acids is 7. The number of halogens is 5. The number of nitrogens with one attached hydrogen (secondary N) is 2. The van der Waals surface area contributed by atoms with Gasteiger partial charge in [-0.25, -0.2) is 18.0 Å². The number of hydrogen-bond acceptors (Lipinski definition) is 14. The molecule has 16 nitrogen and oxygen atoms in total. The van der Waals surface area contributed by atoms with Gasteiger partial charge in [0, 0.05) is 49.9 Å². The lowest BCUT2D eigenvalue weighted by molar-refractivity contribution is -0.150. The first-order valence-corrected chi connectivity index (χ1v) is 45.0. The molecule has 2 aromatic carbocycles. The number of ether oxygens (including phenoxy) is 5. The molecule has 0 aliphatic rings. The molecule has 0 saturated carbocycles. The van der Waals surface area contributed by atoms with Crippen LogP contribution in [-0.4, -0.2) is 128 Å². The minimum Gasteiger partial charge on any atom is -0.462 e. The van der Waals surface area contributed by atoms with E-state index in [1.165, 1.54) is 6.07 Å². The third kappa shape index (κ3) is 49.3. The van der Waals surface area contributed by atoms with Crippen LogP contribution in [0.25, 0.3) is 0 Å². The zero-order chi connectivity index (χ0) is 82.2. The zero-order valence-corrected chi connectivity index (χ0v) is 71.2. The lowest BCUT2D eigenvalue weighted by atomic mass is 10.0. The van der Waals surface area contributed by atoms with Gasteiger partial charge in [0.05, 0.1) is 5.56 Å². The van der Waals surface area contributed by atoms with E-state index in [-0.39, 0.29) is 72.5 Å². The fourth-order valence-electron chi connectivity index (χ4n) is 14.1. The van der Waals surface area contributed by atoms with E-state index in [9.17, 15) is 55.5 Å². The molecule has 0 bridgehead atoms. The van der Waals surface area contributed by atoms with Gasteiger partial charge in [0.2, 0.25) is 34.8 Å². The lowest BCUT2D eigenvalue weighted by Gasteiger charge is -2.22. The summed E-state index contributed by atoms with van der Waals surface area (Å²) in [7, 11) is 0. The van der Waals surface area contributed by atoms with Crippen LogP contribution < -0.4 is 15.4 Å². The van der Waals surface area contributed by atoms with Crippen LogP contribution in [0.15, 0.2) is 18.2 Å². The molecule has 2 N–H and O–H groups in total. The van der Waals surface area contributed by atoms with Gasteiger partial charge in [0.1, 0.15) is 24.4 Å². The van der Waals surface area contributed by atoms with Crippen LogP contribution in [-0.2, 0) is 38.1 Å². The van der Waals surface area contributed by atoms with Crippen LogP contribution in [0, 0.1) is 29.1 Å². The average molecular weight is 1590 g/mol. The van der Waals surface area contributed by atoms with Crippen molar-refractivity contribution in [1.29, 1.82) is 0 Å². The Labute approximate surface area is 673 Å². The Morgan fingerprint density at radius 1 is 0.295 bits per heavy atom. The Hall–Kier alpha value is -5.70. The summed E-state index contributed by atoms with van der Waals surface area (Å²) in [5.41, 5.74) is -0.880. The predicted molar refractivity (Wildman–Crippen MR) is 440 cm³/mol. The summed E-state index contributed by atoms with van der Waals surface area (Å²) in [5, 5.41) is 5.74. The van der Waals surface area contributed by atoms with Gasteiger partial charge in [-0.3, -0.25) is 28.8 Å². The van der Waals surface area contributed by atoms with Crippen molar-refractivity contribution in [1.82, 2.24) is 20.4 Å². The van der Waals surface area contributed by atoms with Gasteiger partial charge >= 0.3 is 29.8 Å². The first-order valence-electron chi connectivity index (χ1n) is 45.0. The maximum absolute atomic E-state index is 14.9. The second kappa shape index (κ2) is 67.5. The van der Waals surface area contributed by atoms with Crippen LogP contribution >= 0.6 is 0 Å². The van der Waals surface area contributed by atoms with E-state index in [2.05, 4.69) is 75.8 Å². The zero-order valence-electron chi connectivity index (χ0n) is 71.2. The van der Waals surface area contributed by atoms with E-state index >= 15 is 0 Å². The Morgan fingerprint density at radius 3 is 0.786 bits per heavy atom. The van der Waals surface area contributed by atoms with Gasteiger partial charge in [-0.15, -0.1) is 0 Å². The van der Waals surface area contributed by atoms with Crippen molar-refractivity contribution < 1.29 is 79.2 Å². The molecule has 21 heteroatoms. The highest BCUT2D eigenvalue weighted by molar-refractivity contribution is 6.03. The van der Waals surface area contributed by atoms with Crippen molar-refractivity contribution in [3.05, 3.63) is 64.0 Å². The van der Waals surface area contributed by atoms with Crippen molar-refractivity contribution in [3.63, 3.8) is 0 Å². The predicted octanol–water partition coefficient (Wildman–Crippen LogP) is 23.8. The third-order valence-electron chi connectivity index (χ3n) is 21.4. The molecule has 0 fully saturated rings. The second-order valence-corrected chi connectivity index (χ2v) is 31.2. The van der Waals surface area contributed by atoms with Gasteiger partial charge in [-0.1, -0.05) is 209 Å². The molecular formula is C91H153F5N4O12. The van der Waals surface area contributed by atoms with Crippen LogP contribution in [0.5, 0.6) is 5.75 Å². The molecule has 2 amide bonds. The van der Waals surface area contributed by atoms with Gasteiger partial charge in [0.25, 0.3) is 11.8 Å². The lowest BCUT2D eigenvalue weighted by Crippen LogP contribution is -2.30. The smallest absolute Gasteiger partial charge is 0.343 e. The quantitative estimate of drug-likeness (QED) is 0.0121. The Morgan fingerprint density at radius 2 is 0.527 bits per heavy atom. The summed E-state index contributed by atoms with van der Waals surface area (Å²) in [6.07, 6.45) is 48.5. The first-order chi connectivity index (χ1) is 54.3.